The van der Waals surface area contributed by atoms with E-state index in [4.69, 9.17) is 9.84 Å². The number of likely N-dealkylation sites (tertiary alicyclic amines) is 1. The quantitative estimate of drug-likeness (QED) is 0.206. The Bertz CT molecular complexity index is 1850. The molecule has 2 amide bonds. The van der Waals surface area contributed by atoms with Crippen LogP contribution >= 0.6 is 0 Å². The second-order valence-corrected chi connectivity index (χ2v) is 13.6. The van der Waals surface area contributed by atoms with E-state index >= 15 is 0 Å². The first-order valence-electron chi connectivity index (χ1n) is 16.3. The van der Waals surface area contributed by atoms with Crippen LogP contribution in [0.3, 0.4) is 0 Å². The lowest BCUT2D eigenvalue weighted by molar-refractivity contribution is 0.171. The van der Waals surface area contributed by atoms with Crippen molar-refractivity contribution in [3.05, 3.63) is 101 Å². The Morgan fingerprint density at radius 1 is 0.957 bits per heavy atom. The van der Waals surface area contributed by atoms with Gasteiger partial charge in [-0.05, 0) is 81.1 Å². The number of hydrogen-bond donors (Lipinski definition) is 2. The topological polar surface area (TPSA) is 102 Å². The summed E-state index contributed by atoms with van der Waals surface area (Å²) < 4.78 is 10.5. The highest BCUT2D eigenvalue weighted by Gasteiger charge is 2.30. The Balaban J connectivity index is 1.07. The van der Waals surface area contributed by atoms with Gasteiger partial charge in [-0.3, -0.25) is 14.6 Å². The largest absolute Gasteiger partial charge is 0.484 e. The van der Waals surface area contributed by atoms with Crippen LogP contribution in [0.5, 0.6) is 5.75 Å². The Kier molecular flexibility index (Phi) is 7.98. The molecule has 1 aliphatic carbocycles. The van der Waals surface area contributed by atoms with Crippen molar-refractivity contribution >= 4 is 17.5 Å². The molecule has 2 unspecified atom stereocenters. The van der Waals surface area contributed by atoms with Gasteiger partial charge in [0.15, 0.2) is 11.5 Å². The SMILES string of the molecule is Cc1ccc(-n2nc(C(C)(C)C)cc2NC(=O)NC2CCC(Oc3ccc4nnc(CN5CCCC5)n4c3)c3ccccc32)cc1. The van der Waals surface area contributed by atoms with Crippen LogP contribution in [0.25, 0.3) is 11.3 Å². The third-order valence-electron chi connectivity index (χ3n) is 9.03. The zero-order valence-corrected chi connectivity index (χ0v) is 27.0. The maximum absolute atomic E-state index is 13.5. The minimum atomic E-state index is -0.267. The van der Waals surface area contributed by atoms with Crippen LogP contribution in [0.1, 0.15) is 86.8 Å². The first-order valence-corrected chi connectivity index (χ1v) is 16.3. The van der Waals surface area contributed by atoms with Crippen molar-refractivity contribution in [1.29, 1.82) is 0 Å². The molecule has 0 saturated carbocycles. The van der Waals surface area contributed by atoms with Crippen LogP contribution in [0, 0.1) is 6.92 Å². The van der Waals surface area contributed by atoms with Gasteiger partial charge in [-0.15, -0.1) is 10.2 Å². The van der Waals surface area contributed by atoms with Gasteiger partial charge in [0.25, 0.3) is 0 Å². The van der Waals surface area contributed by atoms with E-state index in [2.05, 4.69) is 65.6 Å². The molecule has 0 spiro atoms. The molecule has 2 atom stereocenters. The van der Waals surface area contributed by atoms with Crippen molar-refractivity contribution in [3.8, 4) is 11.4 Å². The third kappa shape index (κ3) is 6.22. The summed E-state index contributed by atoms with van der Waals surface area (Å²) in [6.45, 7) is 11.4. The smallest absolute Gasteiger partial charge is 0.320 e. The van der Waals surface area contributed by atoms with E-state index in [-0.39, 0.29) is 23.6 Å². The molecule has 10 nitrogen and oxygen atoms in total. The molecule has 2 aliphatic rings. The summed E-state index contributed by atoms with van der Waals surface area (Å²) in [5.74, 6) is 2.34. The molecule has 1 saturated heterocycles. The van der Waals surface area contributed by atoms with Gasteiger partial charge in [-0.2, -0.15) is 5.10 Å². The third-order valence-corrected chi connectivity index (χ3v) is 9.03. The number of hydrogen-bond acceptors (Lipinski definition) is 6. The zero-order chi connectivity index (χ0) is 31.8. The average molecular weight is 619 g/mol. The molecule has 4 heterocycles. The molecule has 3 aromatic heterocycles. The van der Waals surface area contributed by atoms with E-state index in [9.17, 15) is 4.79 Å². The fraction of sp³-hybridized carbons (Fsp3) is 0.389. The van der Waals surface area contributed by atoms with Crippen molar-refractivity contribution in [2.24, 2.45) is 0 Å². The van der Waals surface area contributed by atoms with E-state index in [0.29, 0.717) is 5.82 Å². The van der Waals surface area contributed by atoms with Gasteiger partial charge in [0.1, 0.15) is 17.7 Å². The summed E-state index contributed by atoms with van der Waals surface area (Å²) in [4.78, 5) is 15.9. The van der Waals surface area contributed by atoms with Gasteiger partial charge in [0.2, 0.25) is 0 Å². The highest BCUT2D eigenvalue weighted by molar-refractivity contribution is 5.89. The van der Waals surface area contributed by atoms with Crippen molar-refractivity contribution in [2.45, 2.75) is 77.5 Å². The normalized spacial score (nSPS) is 18.4. The molecule has 10 heteroatoms. The van der Waals surface area contributed by atoms with E-state index in [1.54, 1.807) is 0 Å². The summed E-state index contributed by atoms with van der Waals surface area (Å²) in [5, 5.41) is 20.0. The maximum Gasteiger partial charge on any atom is 0.320 e. The van der Waals surface area contributed by atoms with Crippen LogP contribution in [0.15, 0.2) is 72.9 Å². The Morgan fingerprint density at radius 2 is 1.72 bits per heavy atom. The van der Waals surface area contributed by atoms with Crippen molar-refractivity contribution in [1.82, 2.24) is 34.6 Å². The number of rotatable bonds is 7. The number of amides is 2. The Labute approximate surface area is 269 Å². The number of benzene rings is 2. The predicted octanol–water partition coefficient (Wildman–Crippen LogP) is 6.89. The number of pyridine rings is 1. The van der Waals surface area contributed by atoms with Gasteiger partial charge in [-0.1, -0.05) is 62.7 Å². The summed E-state index contributed by atoms with van der Waals surface area (Å²) in [6.07, 6.45) is 5.85. The lowest BCUT2D eigenvalue weighted by atomic mass is 9.85. The van der Waals surface area contributed by atoms with Gasteiger partial charge < -0.3 is 10.1 Å². The molecule has 2 N–H and O–H groups in total. The van der Waals surface area contributed by atoms with Crippen LogP contribution < -0.4 is 15.4 Å². The molecule has 2 aromatic carbocycles. The number of nitrogens with one attached hydrogen (secondary N) is 2. The molecule has 1 aliphatic heterocycles. The lowest BCUT2D eigenvalue weighted by Crippen LogP contribution is -2.36. The van der Waals surface area contributed by atoms with E-state index in [1.165, 1.54) is 18.4 Å². The monoisotopic (exact) mass is 618 g/mol. The summed E-state index contributed by atoms with van der Waals surface area (Å²) in [5.41, 5.74) is 5.76. The van der Waals surface area contributed by atoms with Crippen molar-refractivity contribution < 1.29 is 9.53 Å². The minimum absolute atomic E-state index is 0.134. The van der Waals surface area contributed by atoms with Crippen molar-refractivity contribution in [3.63, 3.8) is 0 Å². The van der Waals surface area contributed by atoms with Gasteiger partial charge in [0, 0.05) is 11.5 Å². The average Bonchev–Trinajstić information content (AvgIpc) is 3.80. The number of carbonyl (C=O) groups excluding carboxylic acids is 1. The van der Waals surface area contributed by atoms with E-state index in [1.807, 2.05) is 69.9 Å². The molecular formula is C36H42N8O2. The zero-order valence-electron chi connectivity index (χ0n) is 27.0. The molecule has 46 heavy (non-hydrogen) atoms. The summed E-state index contributed by atoms with van der Waals surface area (Å²) >= 11 is 0. The lowest BCUT2D eigenvalue weighted by Gasteiger charge is -2.32. The number of anilines is 1. The van der Waals surface area contributed by atoms with E-state index < -0.39 is 0 Å². The number of nitrogens with zero attached hydrogens (tertiary/aromatic N) is 6. The van der Waals surface area contributed by atoms with E-state index in [0.717, 1.165) is 72.2 Å². The minimum Gasteiger partial charge on any atom is -0.484 e. The molecule has 0 bridgehead atoms. The number of aryl methyl sites for hydroxylation is 1. The second-order valence-electron chi connectivity index (χ2n) is 13.6. The van der Waals surface area contributed by atoms with Crippen LogP contribution in [-0.4, -0.2) is 48.4 Å². The Hall–Kier alpha value is -4.70. The molecule has 238 valence electrons. The molecular weight excluding hydrogens is 576 g/mol. The van der Waals surface area contributed by atoms with Crippen molar-refractivity contribution in [2.75, 3.05) is 18.4 Å². The maximum atomic E-state index is 13.5. The molecule has 5 aromatic rings. The fourth-order valence-electron chi connectivity index (χ4n) is 6.45. The Morgan fingerprint density at radius 3 is 2.48 bits per heavy atom. The summed E-state index contributed by atoms with van der Waals surface area (Å²) in [6, 6.07) is 21.8. The van der Waals surface area contributed by atoms with Gasteiger partial charge in [0.05, 0.1) is 30.2 Å². The van der Waals surface area contributed by atoms with Crippen LogP contribution in [-0.2, 0) is 12.0 Å². The standard InChI is InChI=1S/C36H42N8O2/c1-24-11-13-25(14-12-24)44-33(21-31(41-44)36(2,3)4)38-35(45)37-29-16-17-30(28-10-6-5-9-27(28)29)46-26-15-18-32-39-40-34(43(32)22-26)23-42-19-7-8-20-42/h5-6,9-15,18,21-22,29-30H,7-8,16-17,19-20,23H2,1-4H3,(H2,37,38,45). The molecule has 1 fully saturated rings. The molecule has 7 rings (SSSR count). The number of aromatic nitrogens is 5. The van der Waals surface area contributed by atoms with Gasteiger partial charge in [-0.25, -0.2) is 9.48 Å². The first-order chi connectivity index (χ1) is 22.2. The predicted molar refractivity (Wildman–Crippen MR) is 178 cm³/mol. The number of fused-ring (bicyclic) bond motifs is 2. The van der Waals surface area contributed by atoms with Crippen LogP contribution in [0.2, 0.25) is 0 Å². The second kappa shape index (κ2) is 12.2. The van der Waals surface area contributed by atoms with Gasteiger partial charge >= 0.3 is 6.03 Å². The molecule has 0 radical (unpaired) electrons. The highest BCUT2D eigenvalue weighted by Crippen LogP contribution is 2.39. The first kappa shape index (κ1) is 30.0. The summed E-state index contributed by atoms with van der Waals surface area (Å²) in [7, 11) is 0. The van der Waals surface area contributed by atoms with Crippen LogP contribution in [0.4, 0.5) is 10.6 Å². The number of urea groups is 1. The number of carbonyl (C=O) groups is 1. The highest BCUT2D eigenvalue weighted by atomic mass is 16.5. The number of ether oxygens (including phenoxy) is 1. The fourth-order valence-corrected chi connectivity index (χ4v) is 6.45.